The summed E-state index contributed by atoms with van der Waals surface area (Å²) in [5.41, 5.74) is 4.19. The van der Waals surface area contributed by atoms with Gasteiger partial charge in [-0.2, -0.15) is 0 Å². The average Bonchev–Trinajstić information content (AvgIpc) is 3.00. The quantitative estimate of drug-likeness (QED) is 0.343. The highest BCUT2D eigenvalue weighted by Gasteiger charge is 2.52. The van der Waals surface area contributed by atoms with E-state index >= 15 is 0 Å². The van der Waals surface area contributed by atoms with Crippen molar-refractivity contribution in [1.29, 1.82) is 0 Å². The number of hydrogen-bond donors (Lipinski definition) is 2. The lowest BCUT2D eigenvalue weighted by Gasteiger charge is -2.56. The predicted octanol–water partition coefficient (Wildman–Crippen LogP) is 5.39. The van der Waals surface area contributed by atoms with E-state index < -0.39 is 15.9 Å². The molecule has 0 radical (unpaired) electrons. The summed E-state index contributed by atoms with van der Waals surface area (Å²) in [5.74, 6) is 8.19. The molecule has 0 unspecified atom stereocenters. The van der Waals surface area contributed by atoms with Gasteiger partial charge < -0.3 is 10.0 Å². The van der Waals surface area contributed by atoms with Crippen LogP contribution in [0.1, 0.15) is 65.6 Å². The molecule has 5 fully saturated rings. The Hall–Kier alpha value is -3.80. The SMILES string of the molecule is O=C(NS(=O)(=O)CC12CC3CC(CC(C3)C1)C2)c1ccc(N2CCN(Cc3ccccc3C#Cc3cccc(O)c3)CC2)cc1. The number of nitrogens with one attached hydrogen (secondary N) is 1. The largest absolute Gasteiger partial charge is 0.508 e. The van der Waals surface area contributed by atoms with E-state index in [0.29, 0.717) is 23.3 Å². The third-order valence-corrected chi connectivity index (χ3v) is 11.9. The highest BCUT2D eigenvalue weighted by Crippen LogP contribution is 2.60. The van der Waals surface area contributed by atoms with Gasteiger partial charge in [0.15, 0.2) is 0 Å². The van der Waals surface area contributed by atoms with E-state index in [9.17, 15) is 18.3 Å². The van der Waals surface area contributed by atoms with Crippen molar-refractivity contribution in [2.24, 2.45) is 23.2 Å². The van der Waals surface area contributed by atoms with E-state index in [1.54, 1.807) is 30.3 Å². The van der Waals surface area contributed by atoms with Crippen LogP contribution >= 0.6 is 0 Å². The Kier molecular flexibility index (Phi) is 8.09. The standard InChI is InChI=1S/C37H41N3O4S/c41-35-7-3-4-27(21-35)8-9-31-5-1-2-6-33(31)25-39-14-16-40(17-15-39)34-12-10-32(11-13-34)36(42)38-45(43,44)26-37-22-28-18-29(23-37)20-30(19-28)24-37/h1-7,10-13,21,28-30,41H,14-20,22-26H2,(H,38,42). The Morgan fingerprint density at radius 1 is 0.844 bits per heavy atom. The topological polar surface area (TPSA) is 90.0 Å². The number of hydrogen-bond acceptors (Lipinski definition) is 6. The van der Waals surface area contributed by atoms with E-state index in [1.807, 2.05) is 36.4 Å². The van der Waals surface area contributed by atoms with Crippen LogP contribution in [0.25, 0.3) is 0 Å². The molecule has 2 N–H and O–H groups in total. The van der Waals surface area contributed by atoms with E-state index in [2.05, 4.69) is 32.4 Å². The molecule has 1 aliphatic heterocycles. The van der Waals surface area contributed by atoms with Gasteiger partial charge in [-0.1, -0.05) is 36.1 Å². The molecule has 8 rings (SSSR count). The molecule has 5 aliphatic rings. The van der Waals surface area contributed by atoms with Crippen molar-refractivity contribution in [3.05, 3.63) is 95.1 Å². The van der Waals surface area contributed by atoms with Gasteiger partial charge >= 0.3 is 0 Å². The Morgan fingerprint density at radius 2 is 1.51 bits per heavy atom. The first kappa shape index (κ1) is 29.9. The molecular formula is C37H41N3O4S. The van der Waals surface area contributed by atoms with Crippen molar-refractivity contribution in [2.75, 3.05) is 36.8 Å². The van der Waals surface area contributed by atoms with Gasteiger partial charge in [0.05, 0.1) is 5.75 Å². The van der Waals surface area contributed by atoms with Crippen LogP contribution < -0.4 is 9.62 Å². The van der Waals surface area contributed by atoms with Crippen LogP contribution in [0, 0.1) is 35.0 Å². The minimum atomic E-state index is -3.71. The van der Waals surface area contributed by atoms with Gasteiger partial charge in [0.2, 0.25) is 10.0 Å². The normalized spacial score (nSPS) is 25.9. The summed E-state index contributed by atoms with van der Waals surface area (Å²) in [6.07, 6.45) is 6.78. The van der Waals surface area contributed by atoms with Crippen LogP contribution in [0.2, 0.25) is 0 Å². The van der Waals surface area contributed by atoms with Crippen LogP contribution in [0.3, 0.4) is 0 Å². The number of rotatable bonds is 7. The van der Waals surface area contributed by atoms with Gasteiger partial charge in [0, 0.05) is 55.1 Å². The minimum absolute atomic E-state index is 0.0756. The van der Waals surface area contributed by atoms with Gasteiger partial charge in [-0.25, -0.2) is 13.1 Å². The molecule has 4 bridgehead atoms. The summed E-state index contributed by atoms with van der Waals surface area (Å²) in [4.78, 5) is 17.7. The Balaban J connectivity index is 0.925. The third kappa shape index (κ3) is 6.90. The highest BCUT2D eigenvalue weighted by molar-refractivity contribution is 7.90. The molecule has 1 saturated heterocycles. The van der Waals surface area contributed by atoms with Crippen molar-refractivity contribution in [3.63, 3.8) is 0 Å². The first-order valence-corrected chi connectivity index (χ1v) is 17.9. The summed E-state index contributed by atoms with van der Waals surface area (Å²) in [6, 6.07) is 22.5. The monoisotopic (exact) mass is 623 g/mol. The maximum Gasteiger partial charge on any atom is 0.264 e. The lowest BCUT2D eigenvalue weighted by Crippen LogP contribution is -2.51. The zero-order chi connectivity index (χ0) is 31.0. The molecule has 0 spiro atoms. The molecule has 8 heteroatoms. The third-order valence-electron chi connectivity index (χ3n) is 10.4. The number of piperazine rings is 1. The van der Waals surface area contributed by atoms with E-state index in [-0.39, 0.29) is 16.9 Å². The number of nitrogens with zero attached hydrogens (tertiary/aromatic N) is 2. The molecule has 7 nitrogen and oxygen atoms in total. The predicted molar refractivity (Wildman–Crippen MR) is 176 cm³/mol. The van der Waals surface area contributed by atoms with Crippen molar-refractivity contribution < 1.29 is 18.3 Å². The molecule has 4 saturated carbocycles. The van der Waals surface area contributed by atoms with Crippen molar-refractivity contribution in [3.8, 4) is 17.6 Å². The van der Waals surface area contributed by atoms with Crippen LogP contribution in [0.5, 0.6) is 5.75 Å². The van der Waals surface area contributed by atoms with E-state index in [4.69, 9.17) is 0 Å². The Labute approximate surface area is 266 Å². The smallest absolute Gasteiger partial charge is 0.264 e. The number of carbonyl (C=O) groups is 1. The average molecular weight is 624 g/mol. The van der Waals surface area contributed by atoms with Crippen LogP contribution in [-0.4, -0.2) is 56.3 Å². The Bertz CT molecular complexity index is 1700. The van der Waals surface area contributed by atoms with E-state index in [0.717, 1.165) is 68.8 Å². The lowest BCUT2D eigenvalue weighted by atomic mass is 9.50. The molecule has 1 amide bonds. The molecule has 0 atom stereocenters. The second-order valence-electron chi connectivity index (χ2n) is 13.9. The first-order chi connectivity index (χ1) is 21.7. The summed E-state index contributed by atoms with van der Waals surface area (Å²) < 4.78 is 28.7. The van der Waals surface area contributed by atoms with Crippen molar-refractivity contribution in [2.45, 2.75) is 45.1 Å². The molecule has 0 aromatic heterocycles. The fourth-order valence-electron chi connectivity index (χ4n) is 8.84. The number of anilines is 1. The maximum absolute atomic E-state index is 13.1. The summed E-state index contributed by atoms with van der Waals surface area (Å²) in [7, 11) is -3.71. The molecule has 4 aliphatic carbocycles. The van der Waals surface area contributed by atoms with Gasteiger partial charge in [-0.15, -0.1) is 0 Å². The summed E-state index contributed by atoms with van der Waals surface area (Å²) in [5, 5.41) is 9.73. The second-order valence-corrected chi connectivity index (χ2v) is 15.6. The maximum atomic E-state index is 13.1. The Morgan fingerprint density at radius 3 is 2.18 bits per heavy atom. The zero-order valence-corrected chi connectivity index (χ0v) is 26.4. The number of carbonyl (C=O) groups excluding carboxylic acids is 1. The minimum Gasteiger partial charge on any atom is -0.508 e. The zero-order valence-electron chi connectivity index (χ0n) is 25.6. The number of amides is 1. The fourth-order valence-corrected chi connectivity index (χ4v) is 10.5. The van der Waals surface area contributed by atoms with Crippen LogP contribution in [0.4, 0.5) is 5.69 Å². The molecule has 3 aromatic carbocycles. The number of sulfonamides is 1. The summed E-state index contributed by atoms with van der Waals surface area (Å²) >= 11 is 0. The van der Waals surface area contributed by atoms with Crippen LogP contribution in [0.15, 0.2) is 72.8 Å². The van der Waals surface area contributed by atoms with Crippen LogP contribution in [-0.2, 0) is 16.6 Å². The fraction of sp³-hybridized carbons (Fsp3) is 0.432. The van der Waals surface area contributed by atoms with Gasteiger partial charge in [0.1, 0.15) is 5.75 Å². The highest BCUT2D eigenvalue weighted by atomic mass is 32.2. The molecule has 3 aromatic rings. The number of benzene rings is 3. The van der Waals surface area contributed by atoms with Gasteiger partial charge in [0.25, 0.3) is 5.91 Å². The number of phenolic OH excluding ortho intramolecular Hbond substituents is 1. The van der Waals surface area contributed by atoms with Gasteiger partial charge in [-0.05, 0) is 116 Å². The molecule has 234 valence electrons. The van der Waals surface area contributed by atoms with E-state index in [1.165, 1.54) is 24.8 Å². The summed E-state index contributed by atoms with van der Waals surface area (Å²) in [6.45, 7) is 4.28. The number of phenols is 1. The molecular weight excluding hydrogens is 582 g/mol. The van der Waals surface area contributed by atoms with Gasteiger partial charge in [-0.3, -0.25) is 9.69 Å². The molecule has 1 heterocycles. The molecule has 45 heavy (non-hydrogen) atoms. The van der Waals surface area contributed by atoms with Crippen molar-refractivity contribution >= 4 is 21.6 Å². The number of aromatic hydroxyl groups is 1. The second kappa shape index (κ2) is 12.2. The van der Waals surface area contributed by atoms with Crippen molar-refractivity contribution in [1.82, 2.24) is 9.62 Å². The first-order valence-electron chi connectivity index (χ1n) is 16.2. The lowest BCUT2D eigenvalue weighted by molar-refractivity contribution is -0.0391.